The predicted octanol–water partition coefficient (Wildman–Crippen LogP) is 2.06. The van der Waals surface area contributed by atoms with Crippen molar-refractivity contribution in [3.05, 3.63) is 35.1 Å². The van der Waals surface area contributed by atoms with E-state index in [0.717, 1.165) is 11.1 Å². The zero-order valence-electron chi connectivity index (χ0n) is 7.34. The van der Waals surface area contributed by atoms with Crippen molar-refractivity contribution in [1.29, 1.82) is 0 Å². The van der Waals surface area contributed by atoms with Gasteiger partial charge in [0.25, 0.3) is 0 Å². The third kappa shape index (κ3) is 2.31. The second-order valence-corrected chi connectivity index (χ2v) is 3.12. The van der Waals surface area contributed by atoms with Crippen LogP contribution in [0.5, 0.6) is 0 Å². The average Bonchev–Trinajstić information content (AvgIpc) is 1.96. The molecule has 0 radical (unpaired) electrons. The van der Waals surface area contributed by atoms with E-state index in [4.69, 9.17) is 5.11 Å². The fourth-order valence-corrected chi connectivity index (χ4v) is 1.18. The molecule has 0 aliphatic heterocycles. The van der Waals surface area contributed by atoms with E-state index < -0.39 is 6.10 Å². The van der Waals surface area contributed by atoms with Crippen LogP contribution < -0.4 is 0 Å². The number of hydrogen-bond donors (Lipinski definition) is 1. The second-order valence-electron chi connectivity index (χ2n) is 3.12. The van der Waals surface area contributed by atoms with Gasteiger partial charge in [-0.2, -0.15) is 0 Å². The van der Waals surface area contributed by atoms with Crippen LogP contribution in [0.25, 0.3) is 0 Å². The maximum absolute atomic E-state index is 12.7. The topological polar surface area (TPSA) is 20.2 Å². The maximum atomic E-state index is 12.7. The zero-order valence-corrected chi connectivity index (χ0v) is 7.34. The first-order chi connectivity index (χ1) is 5.59. The SMILES string of the molecule is Cc1ccc(F)cc1C[C@H](C)O. The van der Waals surface area contributed by atoms with Crippen molar-refractivity contribution in [2.75, 3.05) is 0 Å². The molecule has 1 aromatic carbocycles. The van der Waals surface area contributed by atoms with Crippen molar-refractivity contribution in [3.8, 4) is 0 Å². The summed E-state index contributed by atoms with van der Waals surface area (Å²) < 4.78 is 12.7. The van der Waals surface area contributed by atoms with Gasteiger partial charge in [0, 0.05) is 0 Å². The highest BCUT2D eigenvalue weighted by atomic mass is 19.1. The molecule has 0 unspecified atom stereocenters. The van der Waals surface area contributed by atoms with E-state index in [1.807, 2.05) is 6.92 Å². The predicted molar refractivity (Wildman–Crippen MR) is 46.5 cm³/mol. The molecule has 0 amide bonds. The Hall–Kier alpha value is -0.890. The minimum Gasteiger partial charge on any atom is -0.393 e. The van der Waals surface area contributed by atoms with Crippen LogP contribution in [0, 0.1) is 12.7 Å². The van der Waals surface area contributed by atoms with Crippen LogP contribution in [0.3, 0.4) is 0 Å². The molecular weight excluding hydrogens is 155 g/mol. The van der Waals surface area contributed by atoms with Crippen LogP contribution in [0.4, 0.5) is 4.39 Å². The lowest BCUT2D eigenvalue weighted by atomic mass is 10.0. The van der Waals surface area contributed by atoms with E-state index in [9.17, 15) is 4.39 Å². The van der Waals surface area contributed by atoms with Crippen LogP contribution in [-0.2, 0) is 6.42 Å². The van der Waals surface area contributed by atoms with Gasteiger partial charge in [-0.15, -0.1) is 0 Å². The summed E-state index contributed by atoms with van der Waals surface area (Å²) >= 11 is 0. The lowest BCUT2D eigenvalue weighted by Gasteiger charge is -2.07. The molecule has 0 saturated heterocycles. The number of benzene rings is 1. The Morgan fingerprint density at radius 1 is 1.50 bits per heavy atom. The summed E-state index contributed by atoms with van der Waals surface area (Å²) in [6.07, 6.45) is 0.106. The molecule has 0 heterocycles. The summed E-state index contributed by atoms with van der Waals surface area (Å²) in [6, 6.07) is 4.63. The van der Waals surface area contributed by atoms with Gasteiger partial charge in [-0.1, -0.05) is 6.07 Å². The third-order valence-electron chi connectivity index (χ3n) is 1.83. The molecule has 1 N–H and O–H groups in total. The number of aliphatic hydroxyl groups is 1. The Kier molecular flexibility index (Phi) is 2.82. The molecule has 0 spiro atoms. The molecule has 1 nitrogen and oxygen atoms in total. The van der Waals surface area contributed by atoms with Gasteiger partial charge in [0.1, 0.15) is 5.82 Å². The van der Waals surface area contributed by atoms with Gasteiger partial charge >= 0.3 is 0 Å². The minimum atomic E-state index is -0.412. The summed E-state index contributed by atoms with van der Waals surface area (Å²) in [5, 5.41) is 9.10. The van der Waals surface area contributed by atoms with E-state index in [1.165, 1.54) is 12.1 Å². The molecule has 0 aromatic heterocycles. The van der Waals surface area contributed by atoms with E-state index in [-0.39, 0.29) is 5.82 Å². The molecule has 66 valence electrons. The van der Waals surface area contributed by atoms with Gasteiger partial charge in [0.05, 0.1) is 6.10 Å². The Morgan fingerprint density at radius 2 is 2.17 bits per heavy atom. The lowest BCUT2D eigenvalue weighted by Crippen LogP contribution is -2.05. The van der Waals surface area contributed by atoms with E-state index >= 15 is 0 Å². The highest BCUT2D eigenvalue weighted by molar-refractivity contribution is 5.26. The standard InChI is InChI=1S/C10H13FO/c1-7-3-4-10(11)6-9(7)5-8(2)12/h3-4,6,8,12H,5H2,1-2H3/t8-/m0/s1. The normalized spacial score (nSPS) is 13.0. The smallest absolute Gasteiger partial charge is 0.123 e. The van der Waals surface area contributed by atoms with E-state index in [0.29, 0.717) is 6.42 Å². The minimum absolute atomic E-state index is 0.240. The van der Waals surface area contributed by atoms with Crippen LogP contribution in [0.2, 0.25) is 0 Å². The molecule has 0 bridgehead atoms. The first kappa shape index (κ1) is 9.20. The van der Waals surface area contributed by atoms with Gasteiger partial charge in [-0.25, -0.2) is 4.39 Å². The first-order valence-electron chi connectivity index (χ1n) is 4.02. The number of halogens is 1. The highest BCUT2D eigenvalue weighted by Gasteiger charge is 2.03. The molecular formula is C10H13FO. The van der Waals surface area contributed by atoms with Gasteiger partial charge in [0.15, 0.2) is 0 Å². The van der Waals surface area contributed by atoms with Gasteiger partial charge in [-0.05, 0) is 43.5 Å². The lowest BCUT2D eigenvalue weighted by molar-refractivity contribution is 0.195. The number of hydrogen-bond acceptors (Lipinski definition) is 1. The third-order valence-corrected chi connectivity index (χ3v) is 1.83. The van der Waals surface area contributed by atoms with E-state index in [2.05, 4.69) is 0 Å². The molecule has 0 aliphatic carbocycles. The molecule has 1 aromatic rings. The Balaban J connectivity index is 2.90. The van der Waals surface area contributed by atoms with Gasteiger partial charge in [-0.3, -0.25) is 0 Å². The van der Waals surface area contributed by atoms with Crippen LogP contribution in [-0.4, -0.2) is 11.2 Å². The Labute approximate surface area is 71.9 Å². The Bertz CT molecular complexity index is 269. The summed E-state index contributed by atoms with van der Waals surface area (Å²) in [5.41, 5.74) is 1.90. The molecule has 12 heavy (non-hydrogen) atoms. The fraction of sp³-hybridized carbons (Fsp3) is 0.400. The zero-order chi connectivity index (χ0) is 9.14. The molecule has 2 heteroatoms. The largest absolute Gasteiger partial charge is 0.393 e. The maximum Gasteiger partial charge on any atom is 0.123 e. The molecule has 0 aliphatic rings. The molecule has 0 saturated carbocycles. The van der Waals surface area contributed by atoms with Crippen LogP contribution in [0.15, 0.2) is 18.2 Å². The fourth-order valence-electron chi connectivity index (χ4n) is 1.18. The Morgan fingerprint density at radius 3 is 2.75 bits per heavy atom. The summed E-state index contributed by atoms with van der Waals surface area (Å²) in [5.74, 6) is -0.240. The summed E-state index contributed by atoms with van der Waals surface area (Å²) in [6.45, 7) is 3.61. The van der Waals surface area contributed by atoms with Crippen molar-refractivity contribution in [2.24, 2.45) is 0 Å². The molecule has 0 fully saturated rings. The van der Waals surface area contributed by atoms with Crippen LogP contribution >= 0.6 is 0 Å². The van der Waals surface area contributed by atoms with E-state index in [1.54, 1.807) is 13.0 Å². The number of rotatable bonds is 2. The quantitative estimate of drug-likeness (QED) is 0.716. The number of aliphatic hydroxyl groups excluding tert-OH is 1. The summed E-state index contributed by atoms with van der Waals surface area (Å²) in [4.78, 5) is 0. The average molecular weight is 168 g/mol. The first-order valence-corrected chi connectivity index (χ1v) is 4.02. The van der Waals surface area contributed by atoms with Crippen molar-refractivity contribution in [2.45, 2.75) is 26.4 Å². The van der Waals surface area contributed by atoms with Crippen molar-refractivity contribution in [3.63, 3.8) is 0 Å². The monoisotopic (exact) mass is 168 g/mol. The van der Waals surface area contributed by atoms with Crippen molar-refractivity contribution in [1.82, 2.24) is 0 Å². The highest BCUT2D eigenvalue weighted by Crippen LogP contribution is 2.12. The van der Waals surface area contributed by atoms with Crippen molar-refractivity contribution >= 4 is 0 Å². The molecule has 1 atom stereocenters. The second kappa shape index (κ2) is 3.68. The number of aryl methyl sites for hydroxylation is 1. The van der Waals surface area contributed by atoms with Gasteiger partial charge in [0.2, 0.25) is 0 Å². The summed E-state index contributed by atoms with van der Waals surface area (Å²) in [7, 11) is 0. The molecule has 1 rings (SSSR count). The van der Waals surface area contributed by atoms with Crippen molar-refractivity contribution < 1.29 is 9.50 Å². The van der Waals surface area contributed by atoms with Crippen LogP contribution in [0.1, 0.15) is 18.1 Å². The van der Waals surface area contributed by atoms with Gasteiger partial charge < -0.3 is 5.11 Å².